The maximum atomic E-state index is 5.92. The SMILES string of the molecule is CN(c1ncccc1CCl)C1CCOCC1. The minimum absolute atomic E-state index is 0.511. The van der Waals surface area contributed by atoms with Gasteiger partial charge in [-0.25, -0.2) is 4.98 Å². The molecule has 0 unspecified atom stereocenters. The van der Waals surface area contributed by atoms with Crippen molar-refractivity contribution < 1.29 is 4.74 Å². The average Bonchev–Trinajstić information content (AvgIpc) is 2.39. The minimum Gasteiger partial charge on any atom is -0.381 e. The zero-order valence-corrected chi connectivity index (χ0v) is 10.3. The first-order valence-corrected chi connectivity index (χ1v) is 6.17. The minimum atomic E-state index is 0.511. The number of alkyl halides is 1. The molecule has 1 aliphatic heterocycles. The molecule has 16 heavy (non-hydrogen) atoms. The largest absolute Gasteiger partial charge is 0.381 e. The third kappa shape index (κ3) is 2.47. The number of aromatic nitrogens is 1. The fourth-order valence-electron chi connectivity index (χ4n) is 2.10. The van der Waals surface area contributed by atoms with Crippen molar-refractivity contribution in [3.8, 4) is 0 Å². The highest BCUT2D eigenvalue weighted by molar-refractivity contribution is 6.17. The van der Waals surface area contributed by atoms with E-state index in [0.29, 0.717) is 11.9 Å². The van der Waals surface area contributed by atoms with Crippen LogP contribution in [0.2, 0.25) is 0 Å². The summed E-state index contributed by atoms with van der Waals surface area (Å²) in [6.07, 6.45) is 3.95. The van der Waals surface area contributed by atoms with Crippen molar-refractivity contribution >= 4 is 17.4 Å². The number of hydrogen-bond donors (Lipinski definition) is 0. The Balaban J connectivity index is 2.15. The average molecular weight is 241 g/mol. The van der Waals surface area contributed by atoms with E-state index in [1.807, 2.05) is 18.3 Å². The maximum Gasteiger partial charge on any atom is 0.132 e. The van der Waals surface area contributed by atoms with Gasteiger partial charge in [0.05, 0.1) is 5.88 Å². The Hall–Kier alpha value is -0.800. The molecule has 3 nitrogen and oxygen atoms in total. The Labute approximate surface area is 101 Å². The summed E-state index contributed by atoms with van der Waals surface area (Å²) in [4.78, 5) is 6.66. The van der Waals surface area contributed by atoms with Crippen LogP contribution in [0.25, 0.3) is 0 Å². The van der Waals surface area contributed by atoms with Gasteiger partial charge in [-0.2, -0.15) is 0 Å². The highest BCUT2D eigenvalue weighted by Gasteiger charge is 2.20. The molecule has 4 heteroatoms. The highest BCUT2D eigenvalue weighted by atomic mass is 35.5. The molecule has 1 aromatic heterocycles. The molecule has 0 aromatic carbocycles. The van der Waals surface area contributed by atoms with Crippen LogP contribution in [0.5, 0.6) is 0 Å². The molecule has 0 atom stereocenters. The van der Waals surface area contributed by atoms with Gasteiger partial charge in [-0.1, -0.05) is 6.07 Å². The molecule has 0 saturated carbocycles. The lowest BCUT2D eigenvalue weighted by Gasteiger charge is -2.32. The van der Waals surface area contributed by atoms with Crippen LogP contribution in [0.1, 0.15) is 18.4 Å². The third-order valence-corrected chi connectivity index (χ3v) is 3.37. The van der Waals surface area contributed by atoms with E-state index >= 15 is 0 Å². The Morgan fingerprint density at radius 2 is 2.25 bits per heavy atom. The lowest BCUT2D eigenvalue weighted by Crippen LogP contribution is -2.37. The monoisotopic (exact) mass is 240 g/mol. The van der Waals surface area contributed by atoms with Crippen molar-refractivity contribution in [3.63, 3.8) is 0 Å². The van der Waals surface area contributed by atoms with E-state index in [0.717, 1.165) is 37.4 Å². The number of pyridine rings is 1. The van der Waals surface area contributed by atoms with Crippen LogP contribution in [0.3, 0.4) is 0 Å². The van der Waals surface area contributed by atoms with Crippen LogP contribution in [0, 0.1) is 0 Å². The van der Waals surface area contributed by atoms with Crippen molar-refractivity contribution in [1.29, 1.82) is 0 Å². The summed E-state index contributed by atoms with van der Waals surface area (Å²) in [6, 6.07) is 4.48. The van der Waals surface area contributed by atoms with Gasteiger partial charge in [0.1, 0.15) is 5.82 Å². The van der Waals surface area contributed by atoms with E-state index in [1.165, 1.54) is 0 Å². The van der Waals surface area contributed by atoms with Gasteiger partial charge in [0.25, 0.3) is 0 Å². The number of anilines is 1. The fourth-order valence-corrected chi connectivity index (χ4v) is 2.31. The second kappa shape index (κ2) is 5.51. The Morgan fingerprint density at radius 1 is 1.50 bits per heavy atom. The number of rotatable bonds is 3. The lowest BCUT2D eigenvalue weighted by molar-refractivity contribution is 0.0853. The molecule has 0 aliphatic carbocycles. The number of nitrogens with zero attached hydrogens (tertiary/aromatic N) is 2. The van der Waals surface area contributed by atoms with Crippen LogP contribution in [-0.4, -0.2) is 31.3 Å². The zero-order chi connectivity index (χ0) is 11.4. The Kier molecular flexibility index (Phi) is 4.02. The van der Waals surface area contributed by atoms with Crippen molar-refractivity contribution in [2.45, 2.75) is 24.8 Å². The van der Waals surface area contributed by atoms with Crippen molar-refractivity contribution in [2.24, 2.45) is 0 Å². The highest BCUT2D eigenvalue weighted by Crippen LogP contribution is 2.23. The smallest absolute Gasteiger partial charge is 0.132 e. The van der Waals surface area contributed by atoms with Gasteiger partial charge in [-0.3, -0.25) is 0 Å². The number of halogens is 1. The van der Waals surface area contributed by atoms with Gasteiger partial charge in [-0.15, -0.1) is 11.6 Å². The molecule has 0 radical (unpaired) electrons. The molecular formula is C12H17ClN2O. The Bertz CT molecular complexity index is 340. The van der Waals surface area contributed by atoms with E-state index in [-0.39, 0.29) is 0 Å². The molecule has 1 aliphatic rings. The van der Waals surface area contributed by atoms with E-state index in [4.69, 9.17) is 16.3 Å². The van der Waals surface area contributed by atoms with E-state index in [1.54, 1.807) is 0 Å². The first-order chi connectivity index (χ1) is 7.83. The standard InChI is InChI=1S/C12H17ClN2O/c1-15(11-4-7-16-8-5-11)12-10(9-13)3-2-6-14-12/h2-3,6,11H,4-5,7-9H2,1H3. The molecule has 0 amide bonds. The molecule has 0 bridgehead atoms. The van der Waals surface area contributed by atoms with Gasteiger partial charge in [-0.05, 0) is 18.9 Å². The first kappa shape index (κ1) is 11.7. The van der Waals surface area contributed by atoms with Gasteiger partial charge < -0.3 is 9.64 Å². The summed E-state index contributed by atoms with van der Waals surface area (Å²) in [7, 11) is 2.09. The predicted octanol–water partition coefficient (Wildman–Crippen LogP) is 2.44. The van der Waals surface area contributed by atoms with Crippen LogP contribution < -0.4 is 4.90 Å². The molecule has 1 fully saturated rings. The number of hydrogen-bond acceptors (Lipinski definition) is 3. The van der Waals surface area contributed by atoms with Crippen molar-refractivity contribution in [3.05, 3.63) is 23.9 Å². The normalized spacial score (nSPS) is 17.4. The molecule has 0 N–H and O–H groups in total. The molecule has 2 heterocycles. The lowest BCUT2D eigenvalue weighted by atomic mass is 10.1. The summed E-state index contributed by atoms with van der Waals surface area (Å²) < 4.78 is 5.37. The molecular weight excluding hydrogens is 224 g/mol. The quantitative estimate of drug-likeness (QED) is 0.759. The van der Waals surface area contributed by atoms with Gasteiger partial charge >= 0.3 is 0 Å². The van der Waals surface area contributed by atoms with Gasteiger partial charge in [0.2, 0.25) is 0 Å². The van der Waals surface area contributed by atoms with E-state index in [2.05, 4.69) is 16.9 Å². The van der Waals surface area contributed by atoms with Crippen LogP contribution in [0.15, 0.2) is 18.3 Å². The van der Waals surface area contributed by atoms with Crippen LogP contribution in [0.4, 0.5) is 5.82 Å². The van der Waals surface area contributed by atoms with Crippen molar-refractivity contribution in [2.75, 3.05) is 25.2 Å². The maximum absolute atomic E-state index is 5.92. The number of ether oxygens (including phenoxy) is 1. The molecule has 0 spiro atoms. The second-order valence-corrected chi connectivity index (χ2v) is 4.34. The Morgan fingerprint density at radius 3 is 2.94 bits per heavy atom. The van der Waals surface area contributed by atoms with Crippen molar-refractivity contribution in [1.82, 2.24) is 4.98 Å². The summed E-state index contributed by atoms with van der Waals surface area (Å²) in [5, 5.41) is 0. The predicted molar refractivity (Wildman–Crippen MR) is 66.0 cm³/mol. The molecule has 1 aromatic rings. The topological polar surface area (TPSA) is 25.4 Å². The van der Waals surface area contributed by atoms with Gasteiger partial charge in [0.15, 0.2) is 0 Å². The van der Waals surface area contributed by atoms with E-state index < -0.39 is 0 Å². The molecule has 1 saturated heterocycles. The third-order valence-electron chi connectivity index (χ3n) is 3.08. The summed E-state index contributed by atoms with van der Waals surface area (Å²) >= 11 is 5.92. The zero-order valence-electron chi connectivity index (χ0n) is 9.53. The van der Waals surface area contributed by atoms with Crippen LogP contribution in [-0.2, 0) is 10.6 Å². The molecule has 88 valence electrons. The van der Waals surface area contributed by atoms with E-state index in [9.17, 15) is 0 Å². The summed E-state index contributed by atoms with van der Waals surface area (Å²) in [5.41, 5.74) is 1.10. The van der Waals surface area contributed by atoms with Crippen LogP contribution >= 0.6 is 11.6 Å². The first-order valence-electron chi connectivity index (χ1n) is 5.63. The van der Waals surface area contributed by atoms with Gasteiger partial charge in [0, 0.05) is 38.1 Å². The molecule has 2 rings (SSSR count). The second-order valence-electron chi connectivity index (χ2n) is 4.07. The fraction of sp³-hybridized carbons (Fsp3) is 0.583. The summed E-state index contributed by atoms with van der Waals surface area (Å²) in [6.45, 7) is 1.69. The summed E-state index contributed by atoms with van der Waals surface area (Å²) in [5.74, 6) is 1.51.